The zero-order chi connectivity index (χ0) is 17.3. The van der Waals surface area contributed by atoms with Gasteiger partial charge in [0.2, 0.25) is 0 Å². The van der Waals surface area contributed by atoms with E-state index < -0.39 is 0 Å². The van der Waals surface area contributed by atoms with Crippen LogP contribution in [0.25, 0.3) is 0 Å². The second kappa shape index (κ2) is 7.02. The fraction of sp³-hybridized carbons (Fsp3) is 0.368. The van der Waals surface area contributed by atoms with Crippen LogP contribution in [0.4, 0.5) is 0 Å². The van der Waals surface area contributed by atoms with Crippen molar-refractivity contribution in [3.63, 3.8) is 0 Å². The van der Waals surface area contributed by atoms with Gasteiger partial charge in [0, 0.05) is 27.6 Å². The monoisotopic (exact) mass is 352 g/mol. The van der Waals surface area contributed by atoms with Crippen LogP contribution in [0.5, 0.6) is 11.5 Å². The van der Waals surface area contributed by atoms with Crippen LogP contribution >= 0.6 is 23.2 Å². The number of phenols is 2. The van der Waals surface area contributed by atoms with E-state index in [-0.39, 0.29) is 23.3 Å². The quantitative estimate of drug-likeness (QED) is 0.683. The number of hydrogen-bond acceptors (Lipinski definition) is 2. The van der Waals surface area contributed by atoms with Crippen molar-refractivity contribution in [1.29, 1.82) is 0 Å². The van der Waals surface area contributed by atoms with Crippen molar-refractivity contribution in [3.8, 4) is 11.5 Å². The zero-order valence-electron chi connectivity index (χ0n) is 13.8. The Morgan fingerprint density at radius 3 is 1.39 bits per heavy atom. The highest BCUT2D eigenvalue weighted by Gasteiger charge is 2.17. The maximum atomic E-state index is 10.5. The molecule has 0 saturated heterocycles. The van der Waals surface area contributed by atoms with Crippen LogP contribution < -0.4 is 0 Å². The van der Waals surface area contributed by atoms with Crippen LogP contribution in [-0.4, -0.2) is 10.2 Å². The molecule has 0 aliphatic rings. The van der Waals surface area contributed by atoms with E-state index in [2.05, 4.69) is 0 Å². The molecule has 124 valence electrons. The second-order valence-electron chi connectivity index (χ2n) is 6.49. The van der Waals surface area contributed by atoms with E-state index in [1.165, 1.54) is 0 Å². The third-order valence-electron chi connectivity index (χ3n) is 3.99. The summed E-state index contributed by atoms with van der Waals surface area (Å²) in [5.41, 5.74) is 2.98. The third-order valence-corrected chi connectivity index (χ3v) is 4.43. The summed E-state index contributed by atoms with van der Waals surface area (Å²) >= 11 is 12.4. The molecule has 0 atom stereocenters. The predicted molar refractivity (Wildman–Crippen MR) is 97.2 cm³/mol. The Morgan fingerprint density at radius 1 is 0.739 bits per heavy atom. The van der Waals surface area contributed by atoms with E-state index in [4.69, 9.17) is 23.2 Å². The molecule has 2 N–H and O–H groups in total. The van der Waals surface area contributed by atoms with Gasteiger partial charge in [-0.2, -0.15) is 0 Å². The first-order chi connectivity index (χ1) is 10.7. The lowest BCUT2D eigenvalue weighted by Crippen LogP contribution is -1.98. The van der Waals surface area contributed by atoms with Crippen molar-refractivity contribution < 1.29 is 10.2 Å². The SMILES string of the molecule is CC(C)c1cc(Cl)cc(Cc2cc(Cl)cc(C(C)C)c2O)c1O. The van der Waals surface area contributed by atoms with Crippen LogP contribution in [0, 0.1) is 0 Å². The summed E-state index contributed by atoms with van der Waals surface area (Å²) in [4.78, 5) is 0. The van der Waals surface area contributed by atoms with Gasteiger partial charge in [0.1, 0.15) is 11.5 Å². The largest absolute Gasteiger partial charge is 0.507 e. The summed E-state index contributed by atoms with van der Waals surface area (Å²) in [7, 11) is 0. The zero-order valence-corrected chi connectivity index (χ0v) is 15.3. The van der Waals surface area contributed by atoms with E-state index in [1.807, 2.05) is 27.7 Å². The molecule has 0 saturated carbocycles. The minimum Gasteiger partial charge on any atom is -0.507 e. The first kappa shape index (κ1) is 18.0. The molecule has 23 heavy (non-hydrogen) atoms. The molecular weight excluding hydrogens is 331 g/mol. The Morgan fingerprint density at radius 2 is 1.09 bits per heavy atom. The van der Waals surface area contributed by atoms with Gasteiger partial charge in [0.05, 0.1) is 0 Å². The van der Waals surface area contributed by atoms with Crippen molar-refractivity contribution >= 4 is 23.2 Å². The van der Waals surface area contributed by atoms with E-state index >= 15 is 0 Å². The van der Waals surface area contributed by atoms with Gasteiger partial charge in [-0.3, -0.25) is 0 Å². The molecule has 2 rings (SSSR count). The molecule has 0 bridgehead atoms. The normalized spacial score (nSPS) is 11.5. The van der Waals surface area contributed by atoms with Crippen LogP contribution in [0.15, 0.2) is 24.3 Å². The summed E-state index contributed by atoms with van der Waals surface area (Å²) in [6, 6.07) is 7.03. The number of phenolic OH excluding ortho intramolecular Hbond substituents is 2. The standard InChI is InChI=1S/C19H22Cl2O2/c1-10(2)16-8-14(20)6-12(18(16)22)5-13-7-15(21)9-17(11(3)4)19(13)23/h6-11,22-23H,5H2,1-4H3. The topological polar surface area (TPSA) is 40.5 Å². The molecular formula is C19H22Cl2O2. The van der Waals surface area contributed by atoms with E-state index in [0.29, 0.717) is 27.6 Å². The van der Waals surface area contributed by atoms with Crippen LogP contribution in [0.2, 0.25) is 10.0 Å². The summed E-state index contributed by atoms with van der Waals surface area (Å²) in [6.45, 7) is 8.01. The van der Waals surface area contributed by atoms with Crippen molar-refractivity contribution in [1.82, 2.24) is 0 Å². The van der Waals surface area contributed by atoms with Gasteiger partial charge in [-0.1, -0.05) is 50.9 Å². The molecule has 2 aromatic carbocycles. The minimum atomic E-state index is 0.159. The molecule has 0 aliphatic carbocycles. The molecule has 2 nitrogen and oxygen atoms in total. The second-order valence-corrected chi connectivity index (χ2v) is 7.36. The maximum absolute atomic E-state index is 10.5. The molecule has 0 radical (unpaired) electrons. The van der Waals surface area contributed by atoms with Crippen molar-refractivity contribution in [3.05, 3.63) is 56.6 Å². The molecule has 0 fully saturated rings. The van der Waals surface area contributed by atoms with E-state index in [9.17, 15) is 10.2 Å². The summed E-state index contributed by atoms with van der Waals surface area (Å²) in [6.07, 6.45) is 0.373. The van der Waals surface area contributed by atoms with E-state index in [1.54, 1.807) is 24.3 Å². The summed E-state index contributed by atoms with van der Waals surface area (Å²) < 4.78 is 0. The molecule has 0 heterocycles. The highest BCUT2D eigenvalue weighted by Crippen LogP contribution is 2.38. The van der Waals surface area contributed by atoms with Gasteiger partial charge in [0.15, 0.2) is 0 Å². The first-order valence-corrected chi connectivity index (χ1v) is 8.48. The number of rotatable bonds is 4. The number of halogens is 2. The van der Waals surface area contributed by atoms with E-state index in [0.717, 1.165) is 11.1 Å². The fourth-order valence-electron chi connectivity index (χ4n) is 2.71. The van der Waals surface area contributed by atoms with Gasteiger partial charge in [0.25, 0.3) is 0 Å². The van der Waals surface area contributed by atoms with Crippen molar-refractivity contribution in [2.24, 2.45) is 0 Å². The molecule has 0 aliphatic heterocycles. The lowest BCUT2D eigenvalue weighted by Gasteiger charge is -2.16. The summed E-state index contributed by atoms with van der Waals surface area (Å²) in [5, 5.41) is 22.2. The Kier molecular flexibility index (Phi) is 5.49. The van der Waals surface area contributed by atoms with Gasteiger partial charge in [-0.15, -0.1) is 0 Å². The number of aromatic hydroxyl groups is 2. The third kappa shape index (κ3) is 3.94. The molecule has 0 unspecified atom stereocenters. The Labute approximate surface area is 147 Å². The molecule has 4 heteroatoms. The average Bonchev–Trinajstić information content (AvgIpc) is 2.45. The minimum absolute atomic E-state index is 0.159. The molecule has 0 amide bonds. The smallest absolute Gasteiger partial charge is 0.122 e. The molecule has 2 aromatic rings. The highest BCUT2D eigenvalue weighted by atomic mass is 35.5. The summed E-state index contributed by atoms with van der Waals surface area (Å²) in [5.74, 6) is 0.781. The van der Waals surface area contributed by atoms with Gasteiger partial charge in [-0.25, -0.2) is 0 Å². The van der Waals surface area contributed by atoms with Gasteiger partial charge >= 0.3 is 0 Å². The van der Waals surface area contributed by atoms with Crippen molar-refractivity contribution in [2.45, 2.75) is 46.0 Å². The Hall–Kier alpha value is -1.38. The van der Waals surface area contributed by atoms with Gasteiger partial charge in [-0.05, 0) is 47.2 Å². The lowest BCUT2D eigenvalue weighted by molar-refractivity contribution is 0.452. The Bertz CT molecular complexity index is 660. The van der Waals surface area contributed by atoms with Crippen LogP contribution in [0.3, 0.4) is 0 Å². The predicted octanol–water partition coefficient (Wildman–Crippen LogP) is 6.24. The highest BCUT2D eigenvalue weighted by molar-refractivity contribution is 6.31. The van der Waals surface area contributed by atoms with Crippen molar-refractivity contribution in [2.75, 3.05) is 0 Å². The number of benzene rings is 2. The van der Waals surface area contributed by atoms with Gasteiger partial charge < -0.3 is 10.2 Å². The molecule has 0 aromatic heterocycles. The average molecular weight is 353 g/mol. The number of hydrogen-bond donors (Lipinski definition) is 2. The van der Waals surface area contributed by atoms with Crippen LogP contribution in [0.1, 0.15) is 61.8 Å². The Balaban J connectivity index is 2.52. The fourth-order valence-corrected chi connectivity index (χ4v) is 3.21. The van der Waals surface area contributed by atoms with Crippen LogP contribution in [-0.2, 0) is 6.42 Å². The first-order valence-electron chi connectivity index (χ1n) is 7.73. The lowest BCUT2D eigenvalue weighted by atomic mass is 9.93. The maximum Gasteiger partial charge on any atom is 0.122 e. The molecule has 0 spiro atoms.